The minimum Gasteiger partial charge on any atom is -0.496 e. The zero-order chi connectivity index (χ0) is 19.5. The number of hydroxylamine groups is 1. The van der Waals surface area contributed by atoms with Crippen LogP contribution in [0.15, 0.2) is 41.1 Å². The number of allylic oxidation sites excluding steroid dienone is 2. The third kappa shape index (κ3) is 6.40. The fourth-order valence-corrected chi connectivity index (χ4v) is 3.50. The first kappa shape index (κ1) is 21.5. The van der Waals surface area contributed by atoms with Crippen LogP contribution >= 0.6 is 0 Å². The lowest BCUT2D eigenvalue weighted by Gasteiger charge is -2.19. The van der Waals surface area contributed by atoms with Gasteiger partial charge in [-0.3, -0.25) is 10.3 Å². The predicted molar refractivity (Wildman–Crippen MR) is 114 cm³/mol. The van der Waals surface area contributed by atoms with Crippen LogP contribution in [0.25, 0.3) is 6.08 Å². The molecule has 0 radical (unpaired) electrons. The van der Waals surface area contributed by atoms with Crippen molar-refractivity contribution in [2.24, 2.45) is 0 Å². The van der Waals surface area contributed by atoms with Crippen molar-refractivity contribution in [1.82, 2.24) is 10.4 Å². The van der Waals surface area contributed by atoms with Crippen LogP contribution in [0.1, 0.15) is 58.4 Å². The van der Waals surface area contributed by atoms with E-state index in [2.05, 4.69) is 49.4 Å². The van der Waals surface area contributed by atoms with Crippen LogP contribution in [0.4, 0.5) is 0 Å². The maximum atomic E-state index is 5.86. The van der Waals surface area contributed by atoms with E-state index >= 15 is 0 Å². The summed E-state index contributed by atoms with van der Waals surface area (Å²) in [5, 5.41) is 0. The van der Waals surface area contributed by atoms with E-state index in [1.165, 1.54) is 29.7 Å². The SMILES string of the molecule is CCCCC1=C(NOCCN(CC)CC)C(=Cc2ccccc2OC)CC1. The second-order valence-corrected chi connectivity index (χ2v) is 6.97. The molecule has 4 heteroatoms. The molecular weight excluding hydrogens is 336 g/mol. The monoisotopic (exact) mass is 372 g/mol. The molecule has 2 rings (SSSR count). The van der Waals surface area contributed by atoms with Crippen molar-refractivity contribution in [3.63, 3.8) is 0 Å². The lowest BCUT2D eigenvalue weighted by atomic mass is 10.1. The Hall–Kier alpha value is -1.78. The molecule has 0 heterocycles. The highest BCUT2D eigenvalue weighted by molar-refractivity contribution is 5.65. The summed E-state index contributed by atoms with van der Waals surface area (Å²) in [7, 11) is 1.73. The Labute approximate surface area is 165 Å². The zero-order valence-electron chi connectivity index (χ0n) is 17.5. The van der Waals surface area contributed by atoms with Gasteiger partial charge in [0.15, 0.2) is 0 Å². The smallest absolute Gasteiger partial charge is 0.126 e. The van der Waals surface area contributed by atoms with Crippen molar-refractivity contribution in [2.45, 2.75) is 52.9 Å². The van der Waals surface area contributed by atoms with Gasteiger partial charge in [-0.1, -0.05) is 45.4 Å². The number of nitrogens with one attached hydrogen (secondary N) is 1. The number of hydrogen-bond acceptors (Lipinski definition) is 4. The van der Waals surface area contributed by atoms with Crippen LogP contribution in [-0.4, -0.2) is 38.3 Å². The molecule has 1 aromatic carbocycles. The molecular formula is C23H36N2O2. The van der Waals surface area contributed by atoms with Gasteiger partial charge >= 0.3 is 0 Å². The summed E-state index contributed by atoms with van der Waals surface area (Å²) in [6.45, 7) is 10.4. The minimum atomic E-state index is 0.689. The topological polar surface area (TPSA) is 33.7 Å². The van der Waals surface area contributed by atoms with Crippen LogP contribution in [0.2, 0.25) is 0 Å². The molecule has 0 aromatic heterocycles. The summed E-state index contributed by atoms with van der Waals surface area (Å²) >= 11 is 0. The minimum absolute atomic E-state index is 0.689. The maximum absolute atomic E-state index is 5.86. The van der Waals surface area contributed by atoms with Crippen molar-refractivity contribution in [3.8, 4) is 5.75 Å². The number of likely N-dealkylation sites (N-methyl/N-ethyl adjacent to an activating group) is 1. The summed E-state index contributed by atoms with van der Waals surface area (Å²) in [6, 6.07) is 8.18. The molecule has 0 spiro atoms. The van der Waals surface area contributed by atoms with Gasteiger partial charge in [0, 0.05) is 12.1 Å². The summed E-state index contributed by atoms with van der Waals surface area (Å²) in [5.41, 5.74) is 8.40. The van der Waals surface area contributed by atoms with E-state index in [0.29, 0.717) is 6.61 Å². The Morgan fingerprint density at radius 1 is 1.11 bits per heavy atom. The molecule has 0 atom stereocenters. The lowest BCUT2D eigenvalue weighted by molar-refractivity contribution is 0.0475. The number of para-hydroxylation sites is 1. The lowest BCUT2D eigenvalue weighted by Crippen LogP contribution is -2.29. The largest absolute Gasteiger partial charge is 0.496 e. The number of benzene rings is 1. The average molecular weight is 373 g/mol. The highest BCUT2D eigenvalue weighted by Gasteiger charge is 2.20. The van der Waals surface area contributed by atoms with Crippen molar-refractivity contribution >= 4 is 6.08 Å². The fraction of sp³-hybridized carbons (Fsp3) is 0.565. The van der Waals surface area contributed by atoms with Gasteiger partial charge in [-0.25, -0.2) is 0 Å². The van der Waals surface area contributed by atoms with Gasteiger partial charge in [-0.15, -0.1) is 0 Å². The second kappa shape index (κ2) is 11.8. The van der Waals surface area contributed by atoms with Gasteiger partial charge < -0.3 is 9.64 Å². The van der Waals surface area contributed by atoms with E-state index in [1.54, 1.807) is 7.11 Å². The average Bonchev–Trinajstić information content (AvgIpc) is 3.08. The maximum Gasteiger partial charge on any atom is 0.126 e. The number of hydrogen-bond donors (Lipinski definition) is 1. The predicted octanol–water partition coefficient (Wildman–Crippen LogP) is 5.18. The summed E-state index contributed by atoms with van der Waals surface area (Å²) < 4.78 is 5.51. The fourth-order valence-electron chi connectivity index (χ4n) is 3.50. The molecule has 0 saturated carbocycles. The Balaban J connectivity index is 2.11. The molecule has 150 valence electrons. The van der Waals surface area contributed by atoms with Gasteiger partial charge in [0.1, 0.15) is 5.75 Å². The third-order valence-electron chi connectivity index (χ3n) is 5.25. The molecule has 1 aliphatic rings. The molecule has 1 aromatic rings. The molecule has 0 amide bonds. The standard InChI is InChI=1S/C23H36N2O2/c1-5-8-11-19-14-15-21(18-20-12-9-10-13-22(20)26-4)23(19)24-27-17-16-25(6-2)7-3/h9-10,12-13,18,24H,5-8,11,14-17H2,1-4H3. The van der Waals surface area contributed by atoms with E-state index in [1.807, 2.05) is 12.1 Å². The van der Waals surface area contributed by atoms with Gasteiger partial charge in [0.25, 0.3) is 0 Å². The van der Waals surface area contributed by atoms with Crippen LogP contribution in [-0.2, 0) is 4.84 Å². The van der Waals surface area contributed by atoms with Gasteiger partial charge in [-0.05, 0) is 62.1 Å². The first-order valence-electron chi connectivity index (χ1n) is 10.4. The Kier molecular flexibility index (Phi) is 9.43. The van der Waals surface area contributed by atoms with E-state index in [0.717, 1.165) is 50.2 Å². The van der Waals surface area contributed by atoms with Gasteiger partial charge in [-0.2, -0.15) is 0 Å². The molecule has 1 aliphatic carbocycles. The number of methoxy groups -OCH3 is 1. The first-order chi connectivity index (χ1) is 13.2. The van der Waals surface area contributed by atoms with Crippen LogP contribution in [0, 0.1) is 0 Å². The molecule has 1 N–H and O–H groups in total. The normalized spacial score (nSPS) is 15.8. The number of unbranched alkanes of at least 4 members (excludes halogenated alkanes) is 1. The summed E-state index contributed by atoms with van der Waals surface area (Å²) in [6.07, 6.45) is 7.99. The van der Waals surface area contributed by atoms with Crippen molar-refractivity contribution in [2.75, 3.05) is 33.4 Å². The van der Waals surface area contributed by atoms with E-state index in [-0.39, 0.29) is 0 Å². The van der Waals surface area contributed by atoms with Crippen molar-refractivity contribution in [1.29, 1.82) is 0 Å². The summed E-state index contributed by atoms with van der Waals surface area (Å²) in [4.78, 5) is 8.23. The number of ether oxygens (including phenoxy) is 1. The Morgan fingerprint density at radius 3 is 2.59 bits per heavy atom. The van der Waals surface area contributed by atoms with Crippen molar-refractivity contribution < 1.29 is 9.57 Å². The Bertz CT molecular complexity index is 633. The van der Waals surface area contributed by atoms with Crippen LogP contribution in [0.3, 0.4) is 0 Å². The summed E-state index contributed by atoms with van der Waals surface area (Å²) in [5.74, 6) is 0.911. The van der Waals surface area contributed by atoms with Crippen molar-refractivity contribution in [3.05, 3.63) is 46.7 Å². The first-order valence-corrected chi connectivity index (χ1v) is 10.4. The Morgan fingerprint density at radius 2 is 1.89 bits per heavy atom. The molecule has 0 fully saturated rings. The molecule has 0 bridgehead atoms. The number of rotatable bonds is 12. The quantitative estimate of drug-likeness (QED) is 0.405. The van der Waals surface area contributed by atoms with E-state index in [4.69, 9.17) is 9.57 Å². The molecule has 0 unspecified atom stereocenters. The highest BCUT2D eigenvalue weighted by atomic mass is 16.6. The molecule has 0 aliphatic heterocycles. The number of nitrogens with zero attached hydrogens (tertiary/aromatic N) is 1. The molecule has 27 heavy (non-hydrogen) atoms. The van der Waals surface area contributed by atoms with Gasteiger partial charge in [0.2, 0.25) is 0 Å². The van der Waals surface area contributed by atoms with Crippen LogP contribution in [0.5, 0.6) is 5.75 Å². The third-order valence-corrected chi connectivity index (χ3v) is 5.25. The second-order valence-electron chi connectivity index (χ2n) is 6.97. The molecule has 0 saturated heterocycles. The van der Waals surface area contributed by atoms with E-state index < -0.39 is 0 Å². The molecule has 4 nitrogen and oxygen atoms in total. The van der Waals surface area contributed by atoms with Gasteiger partial charge in [0.05, 0.1) is 19.4 Å². The highest BCUT2D eigenvalue weighted by Crippen LogP contribution is 2.35. The van der Waals surface area contributed by atoms with E-state index in [9.17, 15) is 0 Å². The zero-order valence-corrected chi connectivity index (χ0v) is 17.5. The van der Waals surface area contributed by atoms with Crippen LogP contribution < -0.4 is 10.2 Å².